The number of fused-ring (bicyclic) bond motifs is 9. The van der Waals surface area contributed by atoms with Crippen LogP contribution in [0.15, 0.2) is 212 Å². The quantitative estimate of drug-likeness (QED) is 0.162. The van der Waals surface area contributed by atoms with Crippen LogP contribution < -0.4 is 0 Å². The molecule has 0 bridgehead atoms. The number of furan rings is 2. The number of benzene rings is 9. The van der Waals surface area contributed by atoms with E-state index in [1.54, 1.807) is 0 Å². The summed E-state index contributed by atoms with van der Waals surface area (Å²) in [6.45, 7) is 4.53. The fourth-order valence-electron chi connectivity index (χ4n) is 10.9. The van der Waals surface area contributed by atoms with Gasteiger partial charge in [0.25, 0.3) is 0 Å². The summed E-state index contributed by atoms with van der Waals surface area (Å²) in [7, 11) is 0. The van der Waals surface area contributed by atoms with Crippen LogP contribution in [-0.2, 0) is 0 Å². The van der Waals surface area contributed by atoms with Crippen LogP contribution in [0.5, 0.6) is 0 Å². The monoisotopic (exact) mass is 864 g/mol. The van der Waals surface area contributed by atoms with Gasteiger partial charge < -0.3 is 8.83 Å². The molecule has 0 fully saturated rings. The zero-order valence-electron chi connectivity index (χ0n) is 36.3. The lowest BCUT2D eigenvalue weighted by molar-refractivity contribution is 0.668. The summed E-state index contributed by atoms with van der Waals surface area (Å²) in [5.74, 6) is 0.910. The van der Waals surface area contributed by atoms with E-state index in [0.29, 0.717) is 5.84 Å². The van der Waals surface area contributed by atoms with Crippen molar-refractivity contribution in [1.29, 1.82) is 0 Å². The van der Waals surface area contributed by atoms with Gasteiger partial charge >= 0.3 is 0 Å². The molecule has 0 saturated heterocycles. The second-order valence-corrected chi connectivity index (χ2v) is 19.0. The zero-order valence-corrected chi connectivity index (χ0v) is 37.1. The van der Waals surface area contributed by atoms with Crippen molar-refractivity contribution in [2.24, 2.45) is 15.9 Å². The van der Waals surface area contributed by atoms with Crippen molar-refractivity contribution in [1.82, 2.24) is 0 Å². The fraction of sp³-hybridized carbons (Fsp3) is 0.0820. The maximum Gasteiger partial charge on any atom is 0.160 e. The van der Waals surface area contributed by atoms with Gasteiger partial charge in [0.1, 0.15) is 22.3 Å². The third-order valence-corrected chi connectivity index (χ3v) is 15.5. The molecule has 0 amide bonds. The van der Waals surface area contributed by atoms with Gasteiger partial charge in [-0.1, -0.05) is 146 Å². The van der Waals surface area contributed by atoms with E-state index in [4.69, 9.17) is 18.8 Å². The van der Waals surface area contributed by atoms with Crippen LogP contribution in [0, 0.1) is 5.92 Å². The van der Waals surface area contributed by atoms with Crippen LogP contribution >= 0.6 is 11.3 Å². The molecule has 1 aliphatic heterocycles. The van der Waals surface area contributed by atoms with Crippen LogP contribution in [0.25, 0.3) is 102 Å². The van der Waals surface area contributed by atoms with Crippen LogP contribution in [0.1, 0.15) is 42.9 Å². The highest BCUT2D eigenvalue weighted by Crippen LogP contribution is 2.46. The number of amidine groups is 1. The van der Waals surface area contributed by atoms with Crippen molar-refractivity contribution in [2.75, 3.05) is 0 Å². The second kappa shape index (κ2) is 14.3. The maximum atomic E-state index is 6.57. The van der Waals surface area contributed by atoms with Gasteiger partial charge in [-0.25, -0.2) is 9.98 Å². The van der Waals surface area contributed by atoms with E-state index >= 15 is 0 Å². The third-order valence-electron chi connectivity index (χ3n) is 14.3. The number of aliphatic imine (C=N–C) groups is 2. The first-order chi connectivity index (χ1) is 32.5. The summed E-state index contributed by atoms with van der Waals surface area (Å²) in [4.78, 5) is 11.1. The number of hydrogen-bond donors (Lipinski definition) is 0. The molecule has 0 N–H and O–H groups in total. The van der Waals surface area contributed by atoms with Crippen molar-refractivity contribution in [3.8, 4) is 11.1 Å². The summed E-state index contributed by atoms with van der Waals surface area (Å²) >= 11 is 1.84. The summed E-state index contributed by atoms with van der Waals surface area (Å²) in [5.41, 5.74) is 13.6. The van der Waals surface area contributed by atoms with E-state index in [2.05, 4.69) is 184 Å². The van der Waals surface area contributed by atoms with Crippen LogP contribution in [0.3, 0.4) is 0 Å². The van der Waals surface area contributed by atoms with Crippen LogP contribution in [0.4, 0.5) is 0 Å². The molecule has 14 rings (SSSR count). The molecule has 2 atom stereocenters. The molecule has 0 spiro atoms. The van der Waals surface area contributed by atoms with Crippen LogP contribution in [0.2, 0.25) is 0 Å². The van der Waals surface area contributed by atoms with Gasteiger partial charge in [-0.15, -0.1) is 11.3 Å². The first kappa shape index (κ1) is 37.5. The highest BCUT2D eigenvalue weighted by Gasteiger charge is 2.28. The minimum atomic E-state index is 0.00649. The third kappa shape index (κ3) is 5.63. The van der Waals surface area contributed by atoms with Gasteiger partial charge in [-0.2, -0.15) is 0 Å². The Morgan fingerprint density at radius 1 is 0.530 bits per heavy atom. The van der Waals surface area contributed by atoms with Crippen LogP contribution in [-0.4, -0.2) is 11.5 Å². The predicted octanol–water partition coefficient (Wildman–Crippen LogP) is 17.2. The Kier molecular flexibility index (Phi) is 8.14. The van der Waals surface area contributed by atoms with Gasteiger partial charge in [0.2, 0.25) is 0 Å². The first-order valence-corrected chi connectivity index (χ1v) is 23.6. The number of hydrogen-bond acceptors (Lipinski definition) is 5. The molecule has 1 aliphatic carbocycles. The molecule has 5 heteroatoms. The topological polar surface area (TPSA) is 51.0 Å². The normalized spacial score (nSPS) is 17.0. The van der Waals surface area contributed by atoms with Gasteiger partial charge in [0.05, 0.1) is 11.4 Å². The Labute approximate surface area is 384 Å². The summed E-state index contributed by atoms with van der Waals surface area (Å²) in [5, 5.41) is 12.1. The van der Waals surface area contributed by atoms with Gasteiger partial charge in [0.15, 0.2) is 5.84 Å². The molecule has 12 aromatic rings. The van der Waals surface area contributed by atoms with Crippen molar-refractivity contribution in [3.05, 3.63) is 210 Å². The molecule has 9 aromatic carbocycles. The maximum absolute atomic E-state index is 6.57. The summed E-state index contributed by atoms with van der Waals surface area (Å²) < 4.78 is 15.5. The van der Waals surface area contributed by atoms with E-state index in [1.165, 1.54) is 69.2 Å². The highest BCUT2D eigenvalue weighted by atomic mass is 32.1. The zero-order chi connectivity index (χ0) is 43.6. The average molecular weight is 865 g/mol. The average Bonchev–Trinajstić information content (AvgIpc) is 4.05. The van der Waals surface area contributed by atoms with Crippen molar-refractivity contribution >= 4 is 114 Å². The molecular formula is C61H40N2O2S. The minimum absolute atomic E-state index is 0.00649. The SMILES string of the molecule is CC1=C(c2cccc3c2sc2ccccc23)N=C(c2ccc3c(c2)oc2ccccc23)N=C(C2=CCC(c3cccc(-c4cc5oc6cccc7c8ccccc8c(c4)c5c67)c3)C=C2)C1C. The molecule has 4 nitrogen and oxygen atoms in total. The fourth-order valence-corrected chi connectivity index (χ4v) is 12.1. The smallest absolute Gasteiger partial charge is 0.160 e. The van der Waals surface area contributed by atoms with Crippen molar-refractivity contribution in [2.45, 2.75) is 26.2 Å². The summed E-state index contributed by atoms with van der Waals surface area (Å²) in [6, 6.07) is 58.8. The van der Waals surface area contributed by atoms with Gasteiger partial charge in [-0.3, -0.25) is 0 Å². The molecule has 4 heterocycles. The standard InChI is InChI=1S/C61H40N2O2S/c1-34-35(2)59(49-20-10-19-48-46-17-6-8-23-55(46)66-60(48)49)63-61(40-28-29-45-44-16-5-7-21-51(44)64-53(45)32-40)62-58(34)37-26-24-36(25-27-37)38-12-9-13-39(30-38)41-31-50-43-15-4-3-14-42(43)47-18-11-22-52-56(47)57(50)54(33-41)65-52/h3-24,26-34,36H,25H2,1-2H3. The van der Waals surface area contributed by atoms with Crippen molar-refractivity contribution < 1.29 is 8.83 Å². The first-order valence-electron chi connectivity index (χ1n) is 22.8. The molecular weight excluding hydrogens is 825 g/mol. The van der Waals surface area contributed by atoms with E-state index in [0.717, 1.165) is 73.2 Å². The van der Waals surface area contributed by atoms with E-state index < -0.39 is 0 Å². The molecule has 2 aliphatic rings. The Morgan fingerprint density at radius 3 is 2.11 bits per heavy atom. The van der Waals surface area contributed by atoms with E-state index in [9.17, 15) is 0 Å². The molecule has 66 heavy (non-hydrogen) atoms. The molecule has 2 unspecified atom stereocenters. The lowest BCUT2D eigenvalue weighted by atomic mass is 9.83. The number of para-hydroxylation sites is 1. The van der Waals surface area contributed by atoms with E-state index in [1.807, 2.05) is 23.5 Å². The van der Waals surface area contributed by atoms with Crippen molar-refractivity contribution in [3.63, 3.8) is 0 Å². The second-order valence-electron chi connectivity index (χ2n) is 18.0. The Hall–Kier alpha value is -7.86. The molecule has 3 aromatic heterocycles. The molecule has 0 radical (unpaired) electrons. The van der Waals surface area contributed by atoms with E-state index in [-0.39, 0.29) is 11.8 Å². The number of rotatable bonds is 5. The minimum Gasteiger partial charge on any atom is -0.456 e. The molecule has 0 saturated carbocycles. The lowest BCUT2D eigenvalue weighted by Gasteiger charge is -2.22. The molecule has 312 valence electrons. The summed E-state index contributed by atoms with van der Waals surface area (Å²) in [6.07, 6.45) is 7.91. The Balaban J connectivity index is 0.849. The Morgan fingerprint density at radius 2 is 1.23 bits per heavy atom. The highest BCUT2D eigenvalue weighted by molar-refractivity contribution is 7.26. The lowest BCUT2D eigenvalue weighted by Crippen LogP contribution is -2.17. The van der Waals surface area contributed by atoms with Gasteiger partial charge in [-0.05, 0) is 105 Å². The predicted molar refractivity (Wildman–Crippen MR) is 279 cm³/mol. The Bertz CT molecular complexity index is 4190. The van der Waals surface area contributed by atoms with Gasteiger partial charge in [0, 0.05) is 64.7 Å². The number of nitrogens with zero attached hydrogens (tertiary/aromatic N) is 2. The number of allylic oxidation sites excluding steroid dienone is 5. The number of thiophene rings is 1. The largest absolute Gasteiger partial charge is 0.456 e.